The van der Waals surface area contributed by atoms with Gasteiger partial charge in [0.15, 0.2) is 5.82 Å². The lowest BCUT2D eigenvalue weighted by Crippen LogP contribution is -2.09. The molecule has 1 unspecified atom stereocenters. The van der Waals surface area contributed by atoms with Crippen LogP contribution in [0.5, 0.6) is 0 Å². The molecule has 0 aliphatic heterocycles. The van der Waals surface area contributed by atoms with Crippen LogP contribution >= 0.6 is 0 Å². The first-order chi connectivity index (χ1) is 19.9. The molecule has 0 bridgehead atoms. The summed E-state index contributed by atoms with van der Waals surface area (Å²) in [6.45, 7) is 9.95. The van der Waals surface area contributed by atoms with Gasteiger partial charge < -0.3 is 10.1 Å². The number of ether oxygens (including phenoxy) is 1. The highest BCUT2D eigenvalue weighted by Crippen LogP contribution is 2.40. The van der Waals surface area contributed by atoms with Gasteiger partial charge in [-0.3, -0.25) is 14.4 Å². The molecule has 0 fully saturated rings. The minimum Gasteiger partial charge on any atom is -0.383 e. The van der Waals surface area contributed by atoms with Crippen molar-refractivity contribution in [2.24, 2.45) is 18.0 Å². The lowest BCUT2D eigenvalue weighted by atomic mass is 9.91. The van der Waals surface area contributed by atoms with Gasteiger partial charge in [-0.25, -0.2) is 9.97 Å². The molecule has 3 heterocycles. The van der Waals surface area contributed by atoms with Crippen LogP contribution in [0.3, 0.4) is 0 Å². The molecule has 3 aromatic heterocycles. The highest BCUT2D eigenvalue weighted by Gasteiger charge is 2.27. The van der Waals surface area contributed by atoms with Crippen LogP contribution in [0.25, 0.3) is 28.1 Å². The Balaban J connectivity index is 1.47. The average Bonchev–Trinajstić information content (AvgIpc) is 3.57. The molecule has 1 aliphatic carbocycles. The molecule has 0 saturated heterocycles. The Hall–Kier alpha value is -4.11. The van der Waals surface area contributed by atoms with Crippen molar-refractivity contribution in [1.82, 2.24) is 29.5 Å². The third-order valence-electron chi connectivity index (χ3n) is 7.37. The van der Waals surface area contributed by atoms with Gasteiger partial charge in [0.05, 0.1) is 30.2 Å². The number of nitrogens with one attached hydrogen (secondary N) is 1. The number of aliphatic imine (C=N–C) groups is 1. The average molecular weight is 553 g/mol. The fourth-order valence-electron chi connectivity index (χ4n) is 4.99. The summed E-state index contributed by atoms with van der Waals surface area (Å²) in [6, 6.07) is 10.9. The van der Waals surface area contributed by atoms with E-state index in [1.165, 1.54) is 0 Å². The zero-order chi connectivity index (χ0) is 28.9. The van der Waals surface area contributed by atoms with E-state index in [2.05, 4.69) is 78.4 Å². The zero-order valence-electron chi connectivity index (χ0n) is 24.9. The van der Waals surface area contributed by atoms with Crippen LogP contribution in [-0.4, -0.2) is 55.5 Å². The van der Waals surface area contributed by atoms with Crippen molar-refractivity contribution in [2.75, 3.05) is 19.0 Å². The van der Waals surface area contributed by atoms with Gasteiger partial charge in [-0.15, -0.1) is 0 Å². The highest BCUT2D eigenvalue weighted by molar-refractivity contribution is 6.10. The number of benzene rings is 1. The van der Waals surface area contributed by atoms with E-state index in [0.717, 1.165) is 64.2 Å². The number of fused-ring (bicyclic) bond motifs is 3. The fourth-order valence-corrected chi connectivity index (χ4v) is 4.99. The normalized spacial score (nSPS) is 14.0. The van der Waals surface area contributed by atoms with Crippen molar-refractivity contribution in [3.8, 4) is 22.5 Å². The van der Waals surface area contributed by atoms with Gasteiger partial charge in [0.2, 0.25) is 5.95 Å². The Kier molecular flexibility index (Phi) is 8.73. The Labute approximate surface area is 242 Å². The minimum absolute atomic E-state index is 0.253. The van der Waals surface area contributed by atoms with E-state index in [4.69, 9.17) is 14.8 Å². The summed E-state index contributed by atoms with van der Waals surface area (Å²) in [6.07, 6.45) is 11.0. The summed E-state index contributed by atoms with van der Waals surface area (Å²) < 4.78 is 8.97. The summed E-state index contributed by atoms with van der Waals surface area (Å²) in [5, 5.41) is 12.7. The molecule has 9 nitrogen and oxygen atoms in total. The maximum Gasteiger partial charge on any atom is 0.228 e. The van der Waals surface area contributed by atoms with Crippen LogP contribution in [0.2, 0.25) is 0 Å². The molecule has 0 radical (unpaired) electrons. The highest BCUT2D eigenvalue weighted by atomic mass is 16.5. The Morgan fingerprint density at radius 2 is 1.93 bits per heavy atom. The smallest absolute Gasteiger partial charge is 0.228 e. The third-order valence-corrected chi connectivity index (χ3v) is 7.37. The minimum atomic E-state index is 0.253. The van der Waals surface area contributed by atoms with Crippen molar-refractivity contribution in [3.05, 3.63) is 65.6 Å². The first kappa shape index (κ1) is 28.4. The van der Waals surface area contributed by atoms with Gasteiger partial charge in [0.25, 0.3) is 0 Å². The fraction of sp³-hybridized carbons (Fsp3) is 0.406. The van der Waals surface area contributed by atoms with Crippen LogP contribution in [0.15, 0.2) is 53.8 Å². The van der Waals surface area contributed by atoms with Crippen molar-refractivity contribution in [1.29, 1.82) is 0 Å². The number of aryl methyl sites for hydroxylation is 3. The number of aromatic nitrogens is 6. The standard InChI is InChI=1S/C32H40N8O/c1-7-22(4)18-26(20-33-21(2)3)23-8-10-24(11-9-23)31-29-27(37-39(31)5)13-12-25-19-34-32(36-30(25)29)35-28-14-15-40(38-28)16-17-41-6/h8-11,14-15,18-22H,7,12-13,16-17H2,1-6H3,(H,34,35,36,38)/b26-18+,33-20?. The summed E-state index contributed by atoms with van der Waals surface area (Å²) in [5.41, 5.74) is 8.68. The number of allylic oxidation sites excluding steroid dienone is 2. The maximum atomic E-state index is 5.15. The molecule has 1 N–H and O–H groups in total. The lowest BCUT2D eigenvalue weighted by molar-refractivity contribution is 0.183. The van der Waals surface area contributed by atoms with Crippen LogP contribution in [0.4, 0.5) is 11.8 Å². The van der Waals surface area contributed by atoms with Crippen molar-refractivity contribution in [3.63, 3.8) is 0 Å². The van der Waals surface area contributed by atoms with E-state index in [1.54, 1.807) is 7.11 Å². The van der Waals surface area contributed by atoms with E-state index >= 15 is 0 Å². The second kappa shape index (κ2) is 12.6. The number of hydrogen-bond acceptors (Lipinski definition) is 7. The predicted molar refractivity (Wildman–Crippen MR) is 166 cm³/mol. The maximum absolute atomic E-state index is 5.15. The second-order valence-electron chi connectivity index (χ2n) is 10.9. The largest absolute Gasteiger partial charge is 0.383 e. The summed E-state index contributed by atoms with van der Waals surface area (Å²) in [5.74, 6) is 1.69. The first-order valence-corrected chi connectivity index (χ1v) is 14.4. The van der Waals surface area contributed by atoms with Crippen LogP contribution in [-0.2, 0) is 31.2 Å². The SMILES string of the molecule is CCC(C)/C=C(\C=NC(C)C)c1ccc(-c2c3c(nn2C)CCc2cnc(Nc4ccn(CCOC)n4)nc2-3)cc1. The Morgan fingerprint density at radius 1 is 1.12 bits per heavy atom. The first-order valence-electron chi connectivity index (χ1n) is 14.4. The topological polar surface area (TPSA) is 95.0 Å². The molecule has 1 atom stereocenters. The molecule has 41 heavy (non-hydrogen) atoms. The molecule has 9 heteroatoms. The molecule has 1 aliphatic rings. The lowest BCUT2D eigenvalue weighted by Gasteiger charge is -2.17. The quantitative estimate of drug-likeness (QED) is 0.225. The summed E-state index contributed by atoms with van der Waals surface area (Å²) in [7, 11) is 3.70. The number of anilines is 2. The van der Waals surface area contributed by atoms with E-state index in [0.29, 0.717) is 30.8 Å². The van der Waals surface area contributed by atoms with Gasteiger partial charge >= 0.3 is 0 Å². The predicted octanol–water partition coefficient (Wildman–Crippen LogP) is 6.14. The summed E-state index contributed by atoms with van der Waals surface area (Å²) in [4.78, 5) is 14.2. The number of rotatable bonds is 11. The number of hydrogen-bond donors (Lipinski definition) is 1. The Bertz CT molecular complexity index is 1540. The van der Waals surface area contributed by atoms with E-state index in [1.807, 2.05) is 41.1 Å². The van der Waals surface area contributed by atoms with Gasteiger partial charge in [-0.05, 0) is 49.3 Å². The van der Waals surface area contributed by atoms with Gasteiger partial charge in [-0.1, -0.05) is 50.6 Å². The zero-order valence-corrected chi connectivity index (χ0v) is 24.9. The molecule has 5 rings (SSSR count). The number of methoxy groups -OCH3 is 1. The second-order valence-corrected chi connectivity index (χ2v) is 10.9. The monoisotopic (exact) mass is 552 g/mol. The molecule has 0 saturated carbocycles. The molecule has 0 amide bonds. The van der Waals surface area contributed by atoms with Crippen molar-refractivity contribution < 1.29 is 4.74 Å². The van der Waals surface area contributed by atoms with E-state index in [-0.39, 0.29) is 6.04 Å². The molecule has 214 valence electrons. The van der Waals surface area contributed by atoms with Gasteiger partial charge in [0.1, 0.15) is 0 Å². The van der Waals surface area contributed by atoms with Crippen LogP contribution in [0, 0.1) is 5.92 Å². The Morgan fingerprint density at radius 3 is 2.66 bits per heavy atom. The van der Waals surface area contributed by atoms with Crippen molar-refractivity contribution >= 4 is 23.6 Å². The van der Waals surface area contributed by atoms with Gasteiger partial charge in [-0.2, -0.15) is 10.2 Å². The molecular weight excluding hydrogens is 512 g/mol. The van der Waals surface area contributed by atoms with Crippen molar-refractivity contribution in [2.45, 2.75) is 59.5 Å². The van der Waals surface area contributed by atoms with E-state index in [9.17, 15) is 0 Å². The summed E-state index contributed by atoms with van der Waals surface area (Å²) >= 11 is 0. The molecule has 0 spiro atoms. The molecule has 1 aromatic carbocycles. The molecule has 4 aromatic rings. The number of nitrogens with zero attached hydrogens (tertiary/aromatic N) is 7. The van der Waals surface area contributed by atoms with Crippen LogP contribution in [0.1, 0.15) is 50.9 Å². The van der Waals surface area contributed by atoms with Crippen LogP contribution < -0.4 is 5.32 Å². The third kappa shape index (κ3) is 6.46. The molecular formula is C32H40N8O. The van der Waals surface area contributed by atoms with E-state index < -0.39 is 0 Å². The van der Waals surface area contributed by atoms with Gasteiger partial charge in [0, 0.05) is 56.0 Å².